The zero-order chi connectivity index (χ0) is 26.6. The molecule has 6 rings (SSSR count). The summed E-state index contributed by atoms with van der Waals surface area (Å²) in [5.41, 5.74) is 10.9. The van der Waals surface area contributed by atoms with Gasteiger partial charge in [0.1, 0.15) is 11.2 Å². The lowest BCUT2D eigenvalue weighted by molar-refractivity contribution is 0.501. The summed E-state index contributed by atoms with van der Waals surface area (Å²) in [6.45, 7) is 5.54. The Morgan fingerprint density at radius 1 is 0.769 bits per heavy atom. The quantitative estimate of drug-likeness (QED) is 0.253. The Morgan fingerprint density at radius 3 is 2.13 bits per heavy atom. The number of nitrogens with zero attached hydrogens (tertiary/aromatic N) is 1. The van der Waals surface area contributed by atoms with Crippen molar-refractivity contribution in [1.82, 2.24) is 0 Å². The van der Waals surface area contributed by atoms with Crippen molar-refractivity contribution in [2.24, 2.45) is 4.99 Å². The monoisotopic (exact) mass is 504 g/mol. The molecule has 1 N–H and O–H groups in total. The first-order chi connectivity index (χ1) is 19.2. The van der Waals surface area contributed by atoms with Gasteiger partial charge < -0.3 is 9.73 Å². The lowest BCUT2D eigenvalue weighted by Crippen LogP contribution is -2.23. The number of anilines is 1. The van der Waals surface area contributed by atoms with Crippen LogP contribution in [0.2, 0.25) is 0 Å². The third-order valence-electron chi connectivity index (χ3n) is 7.02. The summed E-state index contributed by atoms with van der Waals surface area (Å²) in [7, 11) is 0. The van der Waals surface area contributed by atoms with E-state index in [9.17, 15) is 0 Å². The minimum atomic E-state index is 0.784. The fraction of sp³-hybridized carbons (Fsp3) is 0.0278. The van der Waals surface area contributed by atoms with E-state index >= 15 is 0 Å². The summed E-state index contributed by atoms with van der Waals surface area (Å²) in [5, 5.41) is 4.58. The van der Waals surface area contributed by atoms with Crippen LogP contribution in [0.15, 0.2) is 119 Å². The minimum absolute atomic E-state index is 0.784. The Bertz CT molecular complexity index is 1840. The van der Waals surface area contributed by atoms with Crippen LogP contribution in [-0.2, 0) is 0 Å². The van der Waals surface area contributed by atoms with Gasteiger partial charge in [0, 0.05) is 34.4 Å². The Labute approximate surface area is 228 Å². The number of aliphatic imine (C=N–C) groups is 1. The number of nitrogens with one attached hydrogen (secondary N) is 1. The van der Waals surface area contributed by atoms with Gasteiger partial charge in [0.15, 0.2) is 0 Å². The summed E-state index contributed by atoms with van der Waals surface area (Å²) < 4.78 is 6.15. The second kappa shape index (κ2) is 10.7. The molecule has 39 heavy (non-hydrogen) atoms. The average molecular weight is 505 g/mol. The Morgan fingerprint density at radius 2 is 1.44 bits per heavy atom. The standard InChI is InChI=1S/C36H28N2O/c1-25-31(20-21-37-2)34-24-38-35-19-18-30(27-12-7-4-8-13-27)23-33(35)32-22-29(26-10-5-3-6-11-26)17-16-28(32)14-9-15-36(34)39-25/h3-24,38H,2H2,1H3/b14-9-,21-20-,34-24+,36-15+. The average Bonchev–Trinajstić information content (AvgIpc) is 3.27. The first kappa shape index (κ1) is 24.2. The molecule has 1 aromatic heterocycles. The molecule has 1 aliphatic rings. The van der Waals surface area contributed by atoms with Gasteiger partial charge in [-0.3, -0.25) is 4.99 Å². The molecule has 5 aromatic rings. The maximum Gasteiger partial charge on any atom is 0.136 e. The van der Waals surface area contributed by atoms with Crippen LogP contribution in [0.4, 0.5) is 5.69 Å². The molecule has 4 aromatic carbocycles. The molecule has 0 amide bonds. The Kier molecular flexibility index (Phi) is 6.63. The van der Waals surface area contributed by atoms with Crippen molar-refractivity contribution in [2.75, 3.05) is 5.32 Å². The van der Waals surface area contributed by atoms with Gasteiger partial charge in [-0.15, -0.1) is 0 Å². The van der Waals surface area contributed by atoms with E-state index in [1.54, 1.807) is 6.20 Å². The van der Waals surface area contributed by atoms with E-state index in [4.69, 9.17) is 4.42 Å². The number of fused-ring (bicyclic) bond motifs is 4. The molecule has 0 fully saturated rings. The van der Waals surface area contributed by atoms with Crippen molar-refractivity contribution in [2.45, 2.75) is 6.92 Å². The van der Waals surface area contributed by atoms with E-state index in [0.717, 1.165) is 49.9 Å². The van der Waals surface area contributed by atoms with E-state index < -0.39 is 0 Å². The zero-order valence-electron chi connectivity index (χ0n) is 21.8. The number of rotatable bonds is 4. The molecule has 0 saturated heterocycles. The second-order valence-corrected chi connectivity index (χ2v) is 9.46. The highest BCUT2D eigenvalue weighted by molar-refractivity contribution is 5.91. The topological polar surface area (TPSA) is 37.5 Å². The van der Waals surface area contributed by atoms with Crippen molar-refractivity contribution in [3.63, 3.8) is 0 Å². The van der Waals surface area contributed by atoms with Crippen molar-refractivity contribution in [1.29, 1.82) is 0 Å². The molecule has 1 aliphatic heterocycles. The van der Waals surface area contributed by atoms with Crippen molar-refractivity contribution < 1.29 is 4.42 Å². The van der Waals surface area contributed by atoms with Crippen LogP contribution in [0.5, 0.6) is 0 Å². The third kappa shape index (κ3) is 4.90. The summed E-state index contributed by atoms with van der Waals surface area (Å²) in [5.74, 6) is 0.826. The summed E-state index contributed by atoms with van der Waals surface area (Å²) in [4.78, 5) is 3.90. The predicted octanol–water partition coefficient (Wildman–Crippen LogP) is 7.92. The highest BCUT2D eigenvalue weighted by Crippen LogP contribution is 2.38. The van der Waals surface area contributed by atoms with Gasteiger partial charge in [-0.1, -0.05) is 91.0 Å². The normalized spacial score (nSPS) is 14.8. The van der Waals surface area contributed by atoms with Gasteiger partial charge in [0.25, 0.3) is 0 Å². The third-order valence-corrected chi connectivity index (χ3v) is 7.02. The molecule has 0 unspecified atom stereocenters. The number of benzene rings is 4. The smallest absolute Gasteiger partial charge is 0.136 e. The molecule has 0 saturated carbocycles. The van der Waals surface area contributed by atoms with E-state index in [1.165, 1.54) is 16.7 Å². The highest BCUT2D eigenvalue weighted by Gasteiger charge is 2.14. The minimum Gasteiger partial charge on any atom is -0.461 e. The number of hydrogen-bond acceptors (Lipinski definition) is 3. The SMILES string of the molecule is C=N/C=C\c1c(C)oc2/c1=C/Nc1ccc(-c3ccccc3)cc1-c1cc(-c3ccccc3)ccc1/C=C\C=2. The van der Waals surface area contributed by atoms with Gasteiger partial charge in [-0.25, -0.2) is 0 Å². The number of aryl methyl sites for hydroxylation is 1. The molecule has 3 heteroatoms. The van der Waals surface area contributed by atoms with Crippen LogP contribution in [0.1, 0.15) is 16.9 Å². The van der Waals surface area contributed by atoms with E-state index in [1.807, 2.05) is 37.4 Å². The Balaban J connectivity index is 1.61. The molecule has 0 spiro atoms. The largest absolute Gasteiger partial charge is 0.461 e. The summed E-state index contributed by atoms with van der Waals surface area (Å²) in [6.07, 6.45) is 11.9. The van der Waals surface area contributed by atoms with E-state index in [2.05, 4.69) is 114 Å². The first-order valence-corrected chi connectivity index (χ1v) is 13.0. The van der Waals surface area contributed by atoms with Crippen LogP contribution in [0.25, 0.3) is 57.8 Å². The number of hydrogen-bond donors (Lipinski definition) is 1. The second-order valence-electron chi connectivity index (χ2n) is 9.46. The van der Waals surface area contributed by atoms with Crippen LogP contribution in [0.3, 0.4) is 0 Å². The van der Waals surface area contributed by atoms with Gasteiger partial charge >= 0.3 is 0 Å². The maximum absolute atomic E-state index is 6.15. The van der Waals surface area contributed by atoms with Crippen LogP contribution < -0.4 is 16.0 Å². The Hall–Kier alpha value is -5.15. The molecule has 2 heterocycles. The van der Waals surface area contributed by atoms with Crippen LogP contribution in [0, 0.1) is 6.92 Å². The van der Waals surface area contributed by atoms with Gasteiger partial charge in [-0.2, -0.15) is 0 Å². The van der Waals surface area contributed by atoms with Crippen molar-refractivity contribution >= 4 is 36.8 Å². The molecular formula is C36H28N2O. The number of furan rings is 1. The fourth-order valence-corrected chi connectivity index (χ4v) is 5.04. The van der Waals surface area contributed by atoms with Gasteiger partial charge in [-0.05, 0) is 77.4 Å². The predicted molar refractivity (Wildman–Crippen MR) is 166 cm³/mol. The summed E-state index contributed by atoms with van der Waals surface area (Å²) in [6, 6.07) is 34.3. The van der Waals surface area contributed by atoms with Crippen molar-refractivity contribution in [3.05, 3.63) is 137 Å². The van der Waals surface area contributed by atoms with Gasteiger partial charge in [0.2, 0.25) is 0 Å². The lowest BCUT2D eigenvalue weighted by atomic mass is 9.91. The number of allylic oxidation sites excluding steroid dienone is 1. The van der Waals surface area contributed by atoms with Gasteiger partial charge in [0.05, 0.1) is 0 Å². The molecular weight excluding hydrogens is 476 g/mol. The summed E-state index contributed by atoms with van der Waals surface area (Å²) >= 11 is 0. The lowest BCUT2D eigenvalue weighted by Gasteiger charge is -2.16. The molecule has 3 nitrogen and oxygen atoms in total. The zero-order valence-corrected chi connectivity index (χ0v) is 21.8. The molecule has 0 atom stereocenters. The first-order valence-electron chi connectivity index (χ1n) is 13.0. The van der Waals surface area contributed by atoms with E-state index in [-0.39, 0.29) is 0 Å². The van der Waals surface area contributed by atoms with Crippen LogP contribution in [-0.4, -0.2) is 6.72 Å². The molecule has 0 bridgehead atoms. The molecule has 188 valence electrons. The highest BCUT2D eigenvalue weighted by atomic mass is 16.3. The van der Waals surface area contributed by atoms with E-state index in [0.29, 0.717) is 0 Å². The van der Waals surface area contributed by atoms with Crippen LogP contribution >= 0.6 is 0 Å². The fourth-order valence-electron chi connectivity index (χ4n) is 5.04. The van der Waals surface area contributed by atoms with Crippen molar-refractivity contribution in [3.8, 4) is 33.4 Å². The molecule has 0 radical (unpaired) electrons. The molecule has 0 aliphatic carbocycles. The maximum atomic E-state index is 6.15.